The summed E-state index contributed by atoms with van der Waals surface area (Å²) in [7, 11) is 0. The van der Waals surface area contributed by atoms with Crippen LogP contribution < -0.4 is 16.2 Å². The number of hydrogen-bond acceptors (Lipinski definition) is 6. The van der Waals surface area contributed by atoms with Crippen LogP contribution in [0.15, 0.2) is 47.5 Å². The van der Waals surface area contributed by atoms with Crippen molar-refractivity contribution in [1.29, 1.82) is 0 Å². The number of alkyl halides is 1. The van der Waals surface area contributed by atoms with E-state index in [0.29, 0.717) is 0 Å². The number of anilines is 1. The number of carboxylic acids is 1. The van der Waals surface area contributed by atoms with Crippen molar-refractivity contribution in [1.82, 2.24) is 14.9 Å². The lowest BCUT2D eigenvalue weighted by Crippen LogP contribution is -2.47. The summed E-state index contributed by atoms with van der Waals surface area (Å²) in [6.45, 7) is 0.156. The highest BCUT2D eigenvalue weighted by molar-refractivity contribution is 6.02. The lowest BCUT2D eigenvalue weighted by atomic mass is 10.1. The van der Waals surface area contributed by atoms with Gasteiger partial charge in [0.1, 0.15) is 30.1 Å². The predicted octanol–water partition coefficient (Wildman–Crippen LogP) is 0.945. The number of nitrogens with zero attached hydrogens (tertiary/aromatic N) is 2. The molecule has 10 nitrogen and oxygen atoms in total. The van der Waals surface area contributed by atoms with Gasteiger partial charge in [0.05, 0.1) is 6.42 Å². The molecule has 0 aliphatic rings. The molecule has 2 amide bonds. The largest absolute Gasteiger partial charge is 0.481 e. The second-order valence-electron chi connectivity index (χ2n) is 6.49. The van der Waals surface area contributed by atoms with E-state index < -0.39 is 54.3 Å². The minimum Gasteiger partial charge on any atom is -0.481 e. The van der Waals surface area contributed by atoms with Gasteiger partial charge in [-0.25, -0.2) is 4.39 Å². The molecule has 164 valence electrons. The van der Waals surface area contributed by atoms with E-state index in [-0.39, 0.29) is 17.8 Å². The average Bonchev–Trinajstić information content (AvgIpc) is 2.75. The van der Waals surface area contributed by atoms with Crippen LogP contribution in [-0.2, 0) is 14.4 Å². The SMILES string of the molecule is CCC(C(=O)N[C@@H](CC(=O)O)C(=O)CF)n1cccc(NC(=O)c2ccccn2)c1=O. The number of ketones is 1. The number of carbonyl (C=O) groups excluding carboxylic acids is 3. The van der Waals surface area contributed by atoms with Crippen LogP contribution in [0, 0.1) is 0 Å². The molecule has 0 bridgehead atoms. The number of carboxylic acid groups (broad SMARTS) is 1. The second kappa shape index (κ2) is 10.8. The Balaban J connectivity index is 2.26. The van der Waals surface area contributed by atoms with E-state index in [2.05, 4.69) is 15.6 Å². The first-order chi connectivity index (χ1) is 14.8. The Morgan fingerprint density at radius 1 is 1.19 bits per heavy atom. The molecule has 0 spiro atoms. The van der Waals surface area contributed by atoms with Gasteiger partial charge in [0.2, 0.25) is 5.91 Å². The van der Waals surface area contributed by atoms with Gasteiger partial charge in [-0.05, 0) is 30.7 Å². The minimum atomic E-state index is -1.56. The molecule has 11 heteroatoms. The number of aromatic nitrogens is 2. The van der Waals surface area contributed by atoms with Crippen LogP contribution in [0.1, 0.15) is 36.3 Å². The third kappa shape index (κ3) is 6.04. The number of pyridine rings is 2. The highest BCUT2D eigenvalue weighted by Crippen LogP contribution is 2.13. The van der Waals surface area contributed by atoms with Crippen LogP contribution in [0.3, 0.4) is 0 Å². The van der Waals surface area contributed by atoms with E-state index in [9.17, 15) is 28.4 Å². The van der Waals surface area contributed by atoms with Crippen molar-refractivity contribution in [2.75, 3.05) is 12.0 Å². The summed E-state index contributed by atoms with van der Waals surface area (Å²) in [4.78, 5) is 64.2. The van der Waals surface area contributed by atoms with E-state index in [1.54, 1.807) is 19.1 Å². The minimum absolute atomic E-state index is 0.0864. The number of nitrogens with one attached hydrogen (secondary N) is 2. The summed E-state index contributed by atoms with van der Waals surface area (Å²) >= 11 is 0. The normalized spacial score (nSPS) is 12.5. The number of carbonyl (C=O) groups is 4. The fraction of sp³-hybridized carbons (Fsp3) is 0.300. The van der Waals surface area contributed by atoms with Crippen LogP contribution in [0.4, 0.5) is 10.1 Å². The van der Waals surface area contributed by atoms with Crippen molar-refractivity contribution in [3.8, 4) is 0 Å². The fourth-order valence-electron chi connectivity index (χ4n) is 2.82. The number of halogens is 1. The summed E-state index contributed by atoms with van der Waals surface area (Å²) < 4.78 is 13.8. The van der Waals surface area contributed by atoms with Gasteiger partial charge in [0, 0.05) is 12.4 Å². The van der Waals surface area contributed by atoms with Crippen molar-refractivity contribution >= 4 is 29.3 Å². The first-order valence-electron chi connectivity index (χ1n) is 9.32. The number of hydrogen-bond donors (Lipinski definition) is 3. The van der Waals surface area contributed by atoms with Gasteiger partial charge < -0.3 is 20.3 Å². The maximum atomic E-state index is 12.8. The molecule has 2 rings (SSSR count). The third-order valence-electron chi connectivity index (χ3n) is 4.36. The summed E-state index contributed by atoms with van der Waals surface area (Å²) in [5.41, 5.74) is -0.713. The summed E-state index contributed by atoms with van der Waals surface area (Å²) in [6, 6.07) is 4.80. The van der Waals surface area contributed by atoms with E-state index in [0.717, 1.165) is 4.57 Å². The van der Waals surface area contributed by atoms with E-state index in [1.807, 2.05) is 0 Å². The Kier molecular flexibility index (Phi) is 8.12. The van der Waals surface area contributed by atoms with Gasteiger partial charge in [-0.2, -0.15) is 0 Å². The van der Waals surface area contributed by atoms with Crippen LogP contribution in [0.25, 0.3) is 0 Å². The van der Waals surface area contributed by atoms with Crippen molar-refractivity contribution in [2.24, 2.45) is 0 Å². The van der Waals surface area contributed by atoms with Crippen molar-refractivity contribution in [2.45, 2.75) is 31.8 Å². The molecular formula is C20H21FN4O6. The Labute approximate surface area is 176 Å². The number of aliphatic carboxylic acids is 1. The highest BCUT2D eigenvalue weighted by Gasteiger charge is 2.28. The molecule has 1 unspecified atom stereocenters. The van der Waals surface area contributed by atoms with Gasteiger partial charge >= 0.3 is 5.97 Å². The topological polar surface area (TPSA) is 147 Å². The zero-order chi connectivity index (χ0) is 23.0. The second-order valence-corrected chi connectivity index (χ2v) is 6.49. The number of rotatable bonds is 10. The molecule has 0 aliphatic carbocycles. The number of amides is 2. The molecule has 0 aliphatic heterocycles. The van der Waals surface area contributed by atoms with Crippen LogP contribution in [-0.4, -0.2) is 50.9 Å². The van der Waals surface area contributed by atoms with Crippen molar-refractivity contribution < 1.29 is 28.7 Å². The summed E-state index contributed by atoms with van der Waals surface area (Å²) in [5, 5.41) is 13.5. The maximum absolute atomic E-state index is 12.8. The van der Waals surface area contributed by atoms with Crippen molar-refractivity contribution in [3.63, 3.8) is 0 Å². The molecule has 2 aromatic heterocycles. The Morgan fingerprint density at radius 3 is 2.52 bits per heavy atom. The summed E-state index contributed by atoms with van der Waals surface area (Å²) in [5.74, 6) is -3.93. The monoisotopic (exact) mass is 432 g/mol. The quantitative estimate of drug-likeness (QED) is 0.506. The lowest BCUT2D eigenvalue weighted by Gasteiger charge is -2.22. The molecule has 31 heavy (non-hydrogen) atoms. The van der Waals surface area contributed by atoms with E-state index in [4.69, 9.17) is 5.11 Å². The Bertz CT molecular complexity index is 1020. The first-order valence-corrected chi connectivity index (χ1v) is 9.32. The fourth-order valence-corrected chi connectivity index (χ4v) is 2.82. The Morgan fingerprint density at radius 2 is 1.94 bits per heavy atom. The molecular weight excluding hydrogens is 411 g/mol. The standard InChI is InChI=1S/C20H21FN4O6/c1-2-15(19(30)24-14(10-17(27)28)16(26)11-21)25-9-5-7-13(20(25)31)23-18(29)12-6-3-4-8-22-12/h3-9,14-15H,2,10-11H2,1H3,(H,23,29)(H,24,30)(H,27,28)/t14-,15?/m0/s1. The van der Waals surface area contributed by atoms with E-state index in [1.165, 1.54) is 30.6 Å². The van der Waals surface area contributed by atoms with Crippen molar-refractivity contribution in [3.05, 3.63) is 58.8 Å². The molecule has 0 fully saturated rings. The molecule has 0 aromatic carbocycles. The highest BCUT2D eigenvalue weighted by atomic mass is 19.1. The first kappa shape index (κ1) is 23.4. The summed E-state index contributed by atoms with van der Waals surface area (Å²) in [6.07, 6.45) is 2.05. The molecule has 0 saturated carbocycles. The molecule has 0 radical (unpaired) electrons. The molecule has 2 aromatic rings. The molecule has 0 saturated heterocycles. The third-order valence-corrected chi connectivity index (χ3v) is 4.36. The Hall–Kier alpha value is -3.89. The van der Waals surface area contributed by atoms with Gasteiger partial charge in [0.15, 0.2) is 5.78 Å². The number of Topliss-reactive ketones (excluding diaryl/α,β-unsaturated/α-hetero) is 1. The molecule has 2 heterocycles. The smallest absolute Gasteiger partial charge is 0.305 e. The van der Waals surface area contributed by atoms with Gasteiger partial charge in [0.25, 0.3) is 11.5 Å². The van der Waals surface area contributed by atoms with Gasteiger partial charge in [-0.3, -0.25) is 29.0 Å². The van der Waals surface area contributed by atoms with E-state index >= 15 is 0 Å². The predicted molar refractivity (Wildman–Crippen MR) is 107 cm³/mol. The lowest BCUT2D eigenvalue weighted by molar-refractivity contribution is -0.140. The zero-order valence-corrected chi connectivity index (χ0v) is 16.6. The molecule has 3 N–H and O–H groups in total. The van der Waals surface area contributed by atoms with Crippen LogP contribution in [0.5, 0.6) is 0 Å². The maximum Gasteiger partial charge on any atom is 0.305 e. The van der Waals surface area contributed by atoms with Gasteiger partial charge in [-0.15, -0.1) is 0 Å². The average molecular weight is 432 g/mol. The molecule has 2 atom stereocenters. The zero-order valence-electron chi connectivity index (χ0n) is 16.6. The van der Waals surface area contributed by atoms with Crippen LogP contribution in [0.2, 0.25) is 0 Å². The van der Waals surface area contributed by atoms with Gasteiger partial charge in [-0.1, -0.05) is 13.0 Å². The van der Waals surface area contributed by atoms with Crippen LogP contribution >= 0.6 is 0 Å².